The summed E-state index contributed by atoms with van der Waals surface area (Å²) in [6.45, 7) is 4.16. The average molecular weight is 297 g/mol. The highest BCUT2D eigenvalue weighted by Crippen LogP contribution is 2.28. The van der Waals surface area contributed by atoms with Gasteiger partial charge in [0.05, 0.1) is 5.02 Å². The summed E-state index contributed by atoms with van der Waals surface area (Å²) in [5, 5.41) is 9.49. The second-order valence-corrected chi connectivity index (χ2v) is 5.88. The number of aryl methyl sites for hydroxylation is 2. The molecule has 1 aromatic carbocycles. The zero-order valence-corrected chi connectivity index (χ0v) is 12.1. The molecule has 0 atom stereocenters. The predicted molar refractivity (Wildman–Crippen MR) is 76.5 cm³/mol. The minimum absolute atomic E-state index is 0.318. The highest BCUT2D eigenvalue weighted by Gasteiger charge is 2.12. The Kier molecular flexibility index (Phi) is 4.12. The monoisotopic (exact) mass is 296 g/mol. The first-order valence-electron chi connectivity index (χ1n) is 5.69. The molecular weight excluding hydrogens is 284 g/mol. The SMILES string of the molecule is Cc1ccc(Cl)c(OCc2cc(C(=O)O)sc2C)c1. The Balaban J connectivity index is 2.14. The summed E-state index contributed by atoms with van der Waals surface area (Å²) in [5.41, 5.74) is 1.94. The highest BCUT2D eigenvalue weighted by molar-refractivity contribution is 7.14. The van der Waals surface area contributed by atoms with Gasteiger partial charge in [0.2, 0.25) is 0 Å². The van der Waals surface area contributed by atoms with Crippen molar-refractivity contribution in [3.63, 3.8) is 0 Å². The lowest BCUT2D eigenvalue weighted by molar-refractivity contribution is 0.0702. The van der Waals surface area contributed by atoms with Crippen molar-refractivity contribution < 1.29 is 14.6 Å². The number of hydrogen-bond acceptors (Lipinski definition) is 3. The van der Waals surface area contributed by atoms with Gasteiger partial charge < -0.3 is 9.84 Å². The van der Waals surface area contributed by atoms with Gasteiger partial charge in [0.1, 0.15) is 17.2 Å². The summed E-state index contributed by atoms with van der Waals surface area (Å²) in [4.78, 5) is 12.2. The maximum Gasteiger partial charge on any atom is 0.345 e. The Labute approximate surface area is 120 Å². The predicted octanol–water partition coefficient (Wildman–Crippen LogP) is 4.30. The second kappa shape index (κ2) is 5.63. The first-order chi connectivity index (χ1) is 8.97. The van der Waals surface area contributed by atoms with Crippen molar-refractivity contribution in [3.05, 3.63) is 50.2 Å². The number of carboxylic acids is 1. The van der Waals surface area contributed by atoms with Crippen LogP contribution in [0.2, 0.25) is 5.02 Å². The fraction of sp³-hybridized carbons (Fsp3) is 0.214. The molecule has 1 heterocycles. The van der Waals surface area contributed by atoms with E-state index >= 15 is 0 Å². The van der Waals surface area contributed by atoms with Gasteiger partial charge in [-0.1, -0.05) is 17.7 Å². The molecule has 0 spiro atoms. The molecule has 5 heteroatoms. The fourth-order valence-electron chi connectivity index (χ4n) is 1.65. The molecule has 0 unspecified atom stereocenters. The van der Waals surface area contributed by atoms with Crippen LogP contribution in [0.5, 0.6) is 5.75 Å². The van der Waals surface area contributed by atoms with Gasteiger partial charge in [-0.05, 0) is 37.6 Å². The number of ether oxygens (including phenoxy) is 1. The van der Waals surface area contributed by atoms with Crippen LogP contribution in [-0.2, 0) is 6.61 Å². The minimum atomic E-state index is -0.909. The Morgan fingerprint density at radius 3 is 2.74 bits per heavy atom. The summed E-state index contributed by atoms with van der Waals surface area (Å²) in [5.74, 6) is -0.294. The van der Waals surface area contributed by atoms with Crippen LogP contribution in [0.1, 0.15) is 25.7 Å². The summed E-state index contributed by atoms with van der Waals surface area (Å²) >= 11 is 7.29. The smallest absolute Gasteiger partial charge is 0.345 e. The topological polar surface area (TPSA) is 46.5 Å². The lowest BCUT2D eigenvalue weighted by Gasteiger charge is -2.08. The normalized spacial score (nSPS) is 10.5. The number of aromatic carboxylic acids is 1. The molecule has 19 heavy (non-hydrogen) atoms. The molecule has 1 N–H and O–H groups in total. The van der Waals surface area contributed by atoms with Crippen LogP contribution in [0.3, 0.4) is 0 Å². The van der Waals surface area contributed by atoms with Gasteiger partial charge in [-0.3, -0.25) is 0 Å². The van der Waals surface area contributed by atoms with Crippen molar-refractivity contribution in [2.24, 2.45) is 0 Å². The first kappa shape index (κ1) is 13.9. The van der Waals surface area contributed by atoms with Gasteiger partial charge in [0, 0.05) is 10.4 Å². The Bertz CT molecular complexity index is 619. The molecule has 0 amide bonds. The number of benzene rings is 1. The minimum Gasteiger partial charge on any atom is -0.487 e. The van der Waals surface area contributed by atoms with Gasteiger partial charge >= 0.3 is 5.97 Å². The third-order valence-electron chi connectivity index (χ3n) is 2.70. The van der Waals surface area contributed by atoms with Gasteiger partial charge in [0.25, 0.3) is 0 Å². The lowest BCUT2D eigenvalue weighted by atomic mass is 10.2. The van der Waals surface area contributed by atoms with Crippen LogP contribution in [-0.4, -0.2) is 11.1 Å². The third kappa shape index (κ3) is 3.28. The van der Waals surface area contributed by atoms with E-state index in [1.807, 2.05) is 26.0 Å². The van der Waals surface area contributed by atoms with E-state index in [1.54, 1.807) is 12.1 Å². The van der Waals surface area contributed by atoms with E-state index in [0.29, 0.717) is 22.3 Å². The molecule has 0 aliphatic rings. The second-order valence-electron chi connectivity index (χ2n) is 4.22. The molecule has 2 rings (SSSR count). The van der Waals surface area contributed by atoms with Crippen LogP contribution in [0.25, 0.3) is 0 Å². The van der Waals surface area contributed by atoms with Crippen molar-refractivity contribution >= 4 is 28.9 Å². The average Bonchev–Trinajstić information content (AvgIpc) is 2.72. The quantitative estimate of drug-likeness (QED) is 0.915. The van der Waals surface area contributed by atoms with Gasteiger partial charge in [0.15, 0.2) is 0 Å². The highest BCUT2D eigenvalue weighted by atomic mass is 35.5. The zero-order valence-electron chi connectivity index (χ0n) is 10.6. The first-order valence-corrected chi connectivity index (χ1v) is 6.88. The van der Waals surface area contributed by atoms with Gasteiger partial charge in [-0.15, -0.1) is 11.3 Å². The molecule has 0 saturated heterocycles. The van der Waals surface area contributed by atoms with Crippen molar-refractivity contribution in [2.45, 2.75) is 20.5 Å². The molecule has 3 nitrogen and oxygen atoms in total. The van der Waals surface area contributed by atoms with Gasteiger partial charge in [-0.25, -0.2) is 4.79 Å². The number of rotatable bonds is 4. The molecule has 2 aromatic rings. The summed E-state index contributed by atoms with van der Waals surface area (Å²) in [7, 11) is 0. The van der Waals surface area contributed by atoms with Crippen molar-refractivity contribution in [3.8, 4) is 5.75 Å². The molecule has 100 valence electrons. The zero-order chi connectivity index (χ0) is 14.0. The Morgan fingerprint density at radius 2 is 2.11 bits per heavy atom. The van der Waals surface area contributed by atoms with Crippen LogP contribution >= 0.6 is 22.9 Å². The fourth-order valence-corrected chi connectivity index (χ4v) is 2.68. The lowest BCUT2D eigenvalue weighted by Crippen LogP contribution is -1.97. The molecule has 1 aromatic heterocycles. The Hall–Kier alpha value is -1.52. The van der Waals surface area contributed by atoms with E-state index in [2.05, 4.69) is 0 Å². The van der Waals surface area contributed by atoms with E-state index in [4.69, 9.17) is 21.4 Å². The molecule has 0 aliphatic carbocycles. The van der Waals surface area contributed by atoms with Crippen LogP contribution in [0, 0.1) is 13.8 Å². The molecule has 0 radical (unpaired) electrons. The number of halogens is 1. The largest absolute Gasteiger partial charge is 0.487 e. The van der Waals surface area contributed by atoms with E-state index in [1.165, 1.54) is 11.3 Å². The number of carboxylic acid groups (broad SMARTS) is 1. The third-order valence-corrected chi connectivity index (χ3v) is 4.09. The number of hydrogen-bond donors (Lipinski definition) is 1. The van der Waals surface area contributed by atoms with Crippen molar-refractivity contribution in [1.29, 1.82) is 0 Å². The number of carbonyl (C=O) groups is 1. The van der Waals surface area contributed by atoms with E-state index in [-0.39, 0.29) is 0 Å². The molecular formula is C14H13ClO3S. The Morgan fingerprint density at radius 1 is 1.37 bits per heavy atom. The standard InChI is InChI=1S/C14H13ClO3S/c1-8-3-4-11(15)12(5-8)18-7-10-6-13(14(16)17)19-9(10)2/h3-6H,7H2,1-2H3,(H,16,17). The maximum absolute atomic E-state index is 10.9. The molecule has 0 bridgehead atoms. The van der Waals surface area contributed by atoms with E-state index < -0.39 is 5.97 Å². The van der Waals surface area contributed by atoms with Gasteiger partial charge in [-0.2, -0.15) is 0 Å². The van der Waals surface area contributed by atoms with E-state index in [0.717, 1.165) is 16.0 Å². The molecule has 0 saturated carbocycles. The van der Waals surface area contributed by atoms with Crippen molar-refractivity contribution in [1.82, 2.24) is 0 Å². The van der Waals surface area contributed by atoms with Crippen molar-refractivity contribution in [2.75, 3.05) is 0 Å². The van der Waals surface area contributed by atoms with Crippen LogP contribution in [0.15, 0.2) is 24.3 Å². The maximum atomic E-state index is 10.9. The summed E-state index contributed by atoms with van der Waals surface area (Å²) < 4.78 is 5.66. The summed E-state index contributed by atoms with van der Waals surface area (Å²) in [6, 6.07) is 7.21. The van der Waals surface area contributed by atoms with E-state index in [9.17, 15) is 4.79 Å². The summed E-state index contributed by atoms with van der Waals surface area (Å²) in [6.07, 6.45) is 0. The molecule has 0 aliphatic heterocycles. The number of thiophene rings is 1. The van der Waals surface area contributed by atoms with Crippen LogP contribution < -0.4 is 4.74 Å². The molecule has 0 fully saturated rings. The van der Waals surface area contributed by atoms with Crippen LogP contribution in [0.4, 0.5) is 0 Å².